The first-order valence-corrected chi connectivity index (χ1v) is 9.01. The second-order valence-corrected chi connectivity index (χ2v) is 7.00. The number of aryl methyl sites for hydroxylation is 2. The normalized spacial score (nSPS) is 13.0. The van der Waals surface area contributed by atoms with Gasteiger partial charge in [0, 0.05) is 35.0 Å². The highest BCUT2D eigenvalue weighted by Crippen LogP contribution is 2.25. The Morgan fingerprint density at radius 1 is 1.14 bits per heavy atom. The molecule has 0 aliphatic carbocycles. The minimum absolute atomic E-state index is 0.360. The molecule has 3 heterocycles. The van der Waals surface area contributed by atoms with Gasteiger partial charge in [-0.3, -0.25) is 0 Å². The minimum Gasteiger partial charge on any atom is -0.382 e. The summed E-state index contributed by atoms with van der Waals surface area (Å²) in [5, 5.41) is 15.3. The third-order valence-electron chi connectivity index (χ3n) is 4.58. The lowest BCUT2D eigenvalue weighted by atomic mass is 10.0. The molecule has 3 aromatic heterocycles. The highest BCUT2D eigenvalue weighted by molar-refractivity contribution is 5.87. The molecular formula is C22H19N5O2. The number of nitrogen functional groups attached to an aromatic ring is 1. The summed E-state index contributed by atoms with van der Waals surface area (Å²) in [6.45, 7) is 5.31. The quantitative estimate of drug-likeness (QED) is 0.510. The number of pyridine rings is 1. The lowest BCUT2D eigenvalue weighted by Gasteiger charge is -2.11. The first kappa shape index (κ1) is 18.6. The van der Waals surface area contributed by atoms with Gasteiger partial charge in [-0.1, -0.05) is 23.1 Å². The Hall–Kier alpha value is -3.76. The van der Waals surface area contributed by atoms with E-state index in [-0.39, 0.29) is 0 Å². The van der Waals surface area contributed by atoms with E-state index < -0.39 is 5.60 Å². The van der Waals surface area contributed by atoms with E-state index in [4.69, 9.17) is 10.3 Å². The molecule has 29 heavy (non-hydrogen) atoms. The predicted octanol–water partition coefficient (Wildman–Crippen LogP) is 3.14. The van der Waals surface area contributed by atoms with Crippen LogP contribution >= 0.6 is 0 Å². The van der Waals surface area contributed by atoms with Crippen LogP contribution in [0.25, 0.3) is 22.3 Å². The van der Waals surface area contributed by atoms with Gasteiger partial charge in [0.1, 0.15) is 22.8 Å². The number of benzene rings is 1. The van der Waals surface area contributed by atoms with Gasteiger partial charge in [0.15, 0.2) is 11.4 Å². The van der Waals surface area contributed by atoms with Gasteiger partial charge in [0.25, 0.3) is 0 Å². The average Bonchev–Trinajstić information content (AvgIpc) is 3.15. The fourth-order valence-electron chi connectivity index (χ4n) is 2.90. The average molecular weight is 385 g/mol. The molecule has 0 saturated heterocycles. The molecule has 0 aliphatic heterocycles. The monoisotopic (exact) mass is 385 g/mol. The van der Waals surface area contributed by atoms with Crippen LogP contribution in [0.3, 0.4) is 0 Å². The molecule has 1 aromatic carbocycles. The zero-order chi connectivity index (χ0) is 20.6. The molecule has 144 valence electrons. The van der Waals surface area contributed by atoms with Gasteiger partial charge in [-0.2, -0.15) is 0 Å². The lowest BCUT2D eigenvalue weighted by Crippen LogP contribution is -2.18. The van der Waals surface area contributed by atoms with E-state index in [9.17, 15) is 5.11 Å². The van der Waals surface area contributed by atoms with Crippen LogP contribution in [0, 0.1) is 25.7 Å². The fourth-order valence-corrected chi connectivity index (χ4v) is 2.90. The summed E-state index contributed by atoms with van der Waals surface area (Å²) in [6, 6.07) is 9.19. The topological polar surface area (TPSA) is 111 Å². The third-order valence-corrected chi connectivity index (χ3v) is 4.58. The van der Waals surface area contributed by atoms with Crippen LogP contribution < -0.4 is 5.73 Å². The summed E-state index contributed by atoms with van der Waals surface area (Å²) in [4.78, 5) is 13.1. The van der Waals surface area contributed by atoms with E-state index in [0.717, 1.165) is 16.5 Å². The molecule has 3 N–H and O–H groups in total. The van der Waals surface area contributed by atoms with E-state index in [1.807, 2.05) is 31.2 Å². The molecule has 4 aromatic rings. The minimum atomic E-state index is -1.43. The van der Waals surface area contributed by atoms with Gasteiger partial charge >= 0.3 is 0 Å². The zero-order valence-electron chi connectivity index (χ0n) is 16.3. The standard InChI is InChI=1S/C22H19N5O2/c1-13-4-5-15(6-8-22(3,28)18-10-14(2)29-27-18)11-17(13)21-25-12-16-7-9-24-20(23)19(16)26-21/h4-5,7,9-12,28H,1-3H3,(H2,23,24). The predicted molar refractivity (Wildman–Crippen MR) is 110 cm³/mol. The van der Waals surface area contributed by atoms with Crippen molar-refractivity contribution in [2.24, 2.45) is 0 Å². The second kappa shape index (κ2) is 7.00. The van der Waals surface area contributed by atoms with Gasteiger partial charge in [0.05, 0.1) is 0 Å². The van der Waals surface area contributed by atoms with E-state index in [1.54, 1.807) is 32.3 Å². The van der Waals surface area contributed by atoms with Gasteiger partial charge in [0.2, 0.25) is 0 Å². The van der Waals surface area contributed by atoms with Crippen LogP contribution in [-0.2, 0) is 5.60 Å². The Labute approximate surface area is 167 Å². The van der Waals surface area contributed by atoms with Gasteiger partial charge in [-0.05, 0) is 44.5 Å². The number of rotatable bonds is 2. The summed E-state index contributed by atoms with van der Waals surface area (Å²) in [5.74, 6) is 7.37. The molecule has 0 aliphatic rings. The summed E-state index contributed by atoms with van der Waals surface area (Å²) in [7, 11) is 0. The van der Waals surface area contributed by atoms with Gasteiger partial charge < -0.3 is 15.4 Å². The zero-order valence-corrected chi connectivity index (χ0v) is 16.3. The van der Waals surface area contributed by atoms with Crippen LogP contribution in [0.1, 0.15) is 29.5 Å². The van der Waals surface area contributed by atoms with Crippen LogP contribution in [0.15, 0.2) is 47.2 Å². The molecule has 7 nitrogen and oxygen atoms in total. The van der Waals surface area contributed by atoms with Crippen molar-refractivity contribution in [2.75, 3.05) is 5.73 Å². The number of fused-ring (bicyclic) bond motifs is 1. The van der Waals surface area contributed by atoms with E-state index in [2.05, 4.69) is 31.9 Å². The Morgan fingerprint density at radius 3 is 2.72 bits per heavy atom. The van der Waals surface area contributed by atoms with Gasteiger partial charge in [-0.25, -0.2) is 15.0 Å². The molecule has 0 fully saturated rings. The molecule has 0 saturated carbocycles. The lowest BCUT2D eigenvalue weighted by molar-refractivity contribution is 0.112. The van der Waals surface area contributed by atoms with Crippen molar-refractivity contribution in [1.82, 2.24) is 20.1 Å². The second-order valence-electron chi connectivity index (χ2n) is 7.00. The van der Waals surface area contributed by atoms with Gasteiger partial charge in [-0.15, -0.1) is 0 Å². The molecule has 4 rings (SSSR count). The van der Waals surface area contributed by atoms with Crippen molar-refractivity contribution in [2.45, 2.75) is 26.4 Å². The molecule has 0 bridgehead atoms. The van der Waals surface area contributed by atoms with Crippen LogP contribution in [0.2, 0.25) is 0 Å². The van der Waals surface area contributed by atoms with Crippen molar-refractivity contribution in [1.29, 1.82) is 0 Å². The largest absolute Gasteiger partial charge is 0.382 e. The SMILES string of the molecule is Cc1cc(C(C)(O)C#Cc2ccc(C)c(-c3ncc4ccnc(N)c4n3)c2)no1. The molecular weight excluding hydrogens is 366 g/mol. The highest BCUT2D eigenvalue weighted by atomic mass is 16.5. The van der Waals surface area contributed by atoms with Crippen LogP contribution in [0.4, 0.5) is 5.82 Å². The fraction of sp³-hybridized carbons (Fsp3) is 0.182. The molecule has 1 unspecified atom stereocenters. The number of hydrogen-bond acceptors (Lipinski definition) is 7. The van der Waals surface area contributed by atoms with Crippen molar-refractivity contribution < 1.29 is 9.63 Å². The van der Waals surface area contributed by atoms with Crippen LogP contribution in [-0.4, -0.2) is 25.2 Å². The third kappa shape index (κ3) is 3.66. The highest BCUT2D eigenvalue weighted by Gasteiger charge is 2.24. The first-order valence-electron chi connectivity index (χ1n) is 9.01. The molecule has 7 heteroatoms. The number of nitrogens with two attached hydrogens (primary N) is 1. The smallest absolute Gasteiger partial charge is 0.168 e. The maximum absolute atomic E-state index is 10.6. The number of hydrogen-bond donors (Lipinski definition) is 2. The molecule has 0 spiro atoms. The molecule has 0 radical (unpaired) electrons. The van der Waals surface area contributed by atoms with E-state index >= 15 is 0 Å². The van der Waals surface area contributed by atoms with Crippen molar-refractivity contribution >= 4 is 16.7 Å². The molecule has 1 atom stereocenters. The van der Waals surface area contributed by atoms with Crippen LogP contribution in [0.5, 0.6) is 0 Å². The number of anilines is 1. The van der Waals surface area contributed by atoms with Crippen molar-refractivity contribution in [3.05, 3.63) is 65.3 Å². The maximum atomic E-state index is 10.6. The van der Waals surface area contributed by atoms with E-state index in [1.165, 1.54) is 0 Å². The summed E-state index contributed by atoms with van der Waals surface area (Å²) in [5.41, 5.74) is 8.06. The van der Waals surface area contributed by atoms with Crippen molar-refractivity contribution in [3.63, 3.8) is 0 Å². The Balaban J connectivity index is 1.73. The maximum Gasteiger partial charge on any atom is 0.168 e. The number of nitrogens with zero attached hydrogens (tertiary/aromatic N) is 4. The van der Waals surface area contributed by atoms with E-state index in [0.29, 0.717) is 34.2 Å². The Kier molecular flexibility index (Phi) is 4.49. The summed E-state index contributed by atoms with van der Waals surface area (Å²) >= 11 is 0. The molecule has 0 amide bonds. The number of aromatic nitrogens is 4. The Bertz CT molecular complexity index is 1280. The van der Waals surface area contributed by atoms with Crippen molar-refractivity contribution in [3.8, 4) is 23.2 Å². The number of aliphatic hydroxyl groups is 1. The summed E-state index contributed by atoms with van der Waals surface area (Å²) < 4.78 is 5.03. The first-order chi connectivity index (χ1) is 13.8. The Morgan fingerprint density at radius 2 is 1.97 bits per heavy atom. The summed E-state index contributed by atoms with van der Waals surface area (Å²) in [6.07, 6.45) is 3.36.